The van der Waals surface area contributed by atoms with E-state index in [1.165, 1.54) is 21.0 Å². The molecule has 1 fully saturated rings. The highest BCUT2D eigenvalue weighted by molar-refractivity contribution is 14.0. The number of rotatable bonds is 8. The molecule has 28 heavy (non-hydrogen) atoms. The number of hydrogen-bond acceptors (Lipinski definition) is 4. The third-order valence-corrected chi connectivity index (χ3v) is 6.16. The van der Waals surface area contributed by atoms with E-state index in [0.29, 0.717) is 32.3 Å². The number of sulfonamides is 1. The third kappa shape index (κ3) is 8.62. The number of benzene rings is 1. The fourth-order valence-electron chi connectivity index (χ4n) is 3.11. The maximum Gasteiger partial charge on any atom is 0.216 e. The van der Waals surface area contributed by atoms with E-state index in [0.717, 1.165) is 19.5 Å². The molecule has 1 aromatic rings. The molecule has 0 radical (unpaired) electrons. The van der Waals surface area contributed by atoms with Gasteiger partial charge in [-0.3, -0.25) is 4.99 Å². The minimum absolute atomic E-state index is 0. The SMILES string of the molecule is CCNC(=NCCS(=O)(=O)N1CCOCC1)NCCc1cc(C)cc(C)c1.I. The van der Waals surface area contributed by atoms with Crippen molar-refractivity contribution in [2.45, 2.75) is 27.2 Å². The predicted octanol–water partition coefficient (Wildman–Crippen LogP) is 1.68. The molecule has 0 unspecified atom stereocenters. The molecule has 160 valence electrons. The van der Waals surface area contributed by atoms with Gasteiger partial charge in [0, 0.05) is 26.2 Å². The average Bonchev–Trinajstić information content (AvgIpc) is 2.61. The van der Waals surface area contributed by atoms with Gasteiger partial charge >= 0.3 is 0 Å². The monoisotopic (exact) mass is 524 g/mol. The molecule has 1 aliphatic heterocycles. The molecule has 0 spiro atoms. The van der Waals surface area contributed by atoms with Gasteiger partial charge in [0.05, 0.1) is 25.5 Å². The summed E-state index contributed by atoms with van der Waals surface area (Å²) in [6.45, 7) is 9.69. The van der Waals surface area contributed by atoms with E-state index < -0.39 is 10.0 Å². The lowest BCUT2D eigenvalue weighted by Gasteiger charge is -2.25. The number of nitrogens with zero attached hydrogens (tertiary/aromatic N) is 2. The summed E-state index contributed by atoms with van der Waals surface area (Å²) in [4.78, 5) is 4.42. The van der Waals surface area contributed by atoms with Crippen LogP contribution < -0.4 is 10.6 Å². The Morgan fingerprint density at radius 1 is 1.14 bits per heavy atom. The van der Waals surface area contributed by atoms with Crippen molar-refractivity contribution < 1.29 is 13.2 Å². The van der Waals surface area contributed by atoms with Crippen molar-refractivity contribution in [1.82, 2.24) is 14.9 Å². The van der Waals surface area contributed by atoms with E-state index in [-0.39, 0.29) is 36.3 Å². The minimum Gasteiger partial charge on any atom is -0.379 e. The molecule has 1 heterocycles. The Hall–Kier alpha value is -0.910. The highest BCUT2D eigenvalue weighted by Gasteiger charge is 2.23. The number of aryl methyl sites for hydroxylation is 2. The van der Waals surface area contributed by atoms with Crippen LogP contribution in [0.1, 0.15) is 23.6 Å². The van der Waals surface area contributed by atoms with Crippen LogP contribution in [-0.4, -0.2) is 70.4 Å². The highest BCUT2D eigenvalue weighted by atomic mass is 127. The van der Waals surface area contributed by atoms with E-state index in [1.807, 2.05) is 6.92 Å². The van der Waals surface area contributed by atoms with Gasteiger partial charge in [0.15, 0.2) is 5.96 Å². The van der Waals surface area contributed by atoms with Crippen LogP contribution >= 0.6 is 24.0 Å². The van der Waals surface area contributed by atoms with E-state index in [2.05, 4.69) is 47.7 Å². The number of aliphatic imine (C=N–C) groups is 1. The topological polar surface area (TPSA) is 83.0 Å². The fraction of sp³-hybridized carbons (Fsp3) is 0.632. The maximum absolute atomic E-state index is 12.3. The number of nitrogens with one attached hydrogen (secondary N) is 2. The van der Waals surface area contributed by atoms with Gasteiger partial charge in [-0.2, -0.15) is 4.31 Å². The van der Waals surface area contributed by atoms with Gasteiger partial charge in [0.1, 0.15) is 0 Å². The van der Waals surface area contributed by atoms with Gasteiger partial charge in [-0.05, 0) is 32.8 Å². The molecule has 2 N–H and O–H groups in total. The molecule has 0 saturated carbocycles. The second-order valence-corrected chi connectivity index (χ2v) is 8.85. The van der Waals surface area contributed by atoms with Gasteiger partial charge in [0.2, 0.25) is 10.0 Å². The Kier molecular flexibility index (Phi) is 11.3. The second-order valence-electron chi connectivity index (χ2n) is 6.76. The Bertz CT molecular complexity index is 714. The number of guanidine groups is 1. The lowest BCUT2D eigenvalue weighted by Crippen LogP contribution is -2.42. The first-order valence-corrected chi connectivity index (χ1v) is 11.2. The molecule has 7 nitrogen and oxygen atoms in total. The van der Waals surface area contributed by atoms with E-state index in [9.17, 15) is 8.42 Å². The van der Waals surface area contributed by atoms with Gasteiger partial charge in [-0.1, -0.05) is 29.3 Å². The number of morpholine rings is 1. The molecule has 2 rings (SSSR count). The summed E-state index contributed by atoms with van der Waals surface area (Å²) in [5.74, 6) is 0.666. The Morgan fingerprint density at radius 2 is 1.79 bits per heavy atom. The van der Waals surface area contributed by atoms with E-state index in [1.54, 1.807) is 0 Å². The zero-order valence-electron chi connectivity index (χ0n) is 17.0. The quantitative estimate of drug-likeness (QED) is 0.307. The first-order chi connectivity index (χ1) is 12.9. The Balaban J connectivity index is 0.00000392. The van der Waals surface area contributed by atoms with Crippen LogP contribution in [0.5, 0.6) is 0 Å². The molecule has 0 aliphatic carbocycles. The van der Waals surface area contributed by atoms with Crippen LogP contribution in [-0.2, 0) is 21.2 Å². The summed E-state index contributed by atoms with van der Waals surface area (Å²) < 4.78 is 31.4. The summed E-state index contributed by atoms with van der Waals surface area (Å²) in [5, 5.41) is 6.45. The maximum atomic E-state index is 12.3. The second kappa shape index (κ2) is 12.6. The molecule has 0 aromatic heterocycles. The van der Waals surface area contributed by atoms with Crippen molar-refractivity contribution in [2.24, 2.45) is 4.99 Å². The number of hydrogen-bond donors (Lipinski definition) is 2. The average molecular weight is 524 g/mol. The van der Waals surface area contributed by atoms with Gasteiger partial charge < -0.3 is 15.4 Å². The van der Waals surface area contributed by atoms with Crippen LogP contribution in [0.15, 0.2) is 23.2 Å². The van der Waals surface area contributed by atoms with E-state index in [4.69, 9.17) is 4.74 Å². The van der Waals surface area contributed by atoms with Gasteiger partial charge in [-0.25, -0.2) is 8.42 Å². The first-order valence-electron chi connectivity index (χ1n) is 9.55. The Labute approximate surface area is 186 Å². The van der Waals surface area contributed by atoms with Crippen LogP contribution in [0.4, 0.5) is 0 Å². The van der Waals surface area contributed by atoms with Crippen molar-refractivity contribution in [3.63, 3.8) is 0 Å². The summed E-state index contributed by atoms with van der Waals surface area (Å²) in [6.07, 6.45) is 0.888. The van der Waals surface area contributed by atoms with Crippen molar-refractivity contribution in [3.05, 3.63) is 34.9 Å². The fourth-order valence-corrected chi connectivity index (χ4v) is 4.39. The minimum atomic E-state index is -3.28. The standard InChI is InChI=1S/C19H32N4O3S.HI/c1-4-20-19(21-6-5-18-14-16(2)13-17(3)15-18)22-7-12-27(24,25)23-8-10-26-11-9-23;/h13-15H,4-12H2,1-3H3,(H2,20,21,22);1H. The smallest absolute Gasteiger partial charge is 0.216 e. The number of ether oxygens (including phenoxy) is 1. The predicted molar refractivity (Wildman–Crippen MR) is 125 cm³/mol. The van der Waals surface area contributed by atoms with Crippen molar-refractivity contribution >= 4 is 40.0 Å². The summed E-state index contributed by atoms with van der Waals surface area (Å²) in [7, 11) is -3.28. The third-order valence-electron chi connectivity index (χ3n) is 4.31. The van der Waals surface area contributed by atoms with Gasteiger partial charge in [0.25, 0.3) is 0 Å². The van der Waals surface area contributed by atoms with Crippen molar-refractivity contribution in [3.8, 4) is 0 Å². The summed E-state index contributed by atoms with van der Waals surface area (Å²) in [5.41, 5.74) is 3.81. The largest absolute Gasteiger partial charge is 0.379 e. The molecule has 9 heteroatoms. The molecule has 1 aliphatic rings. The normalized spacial score (nSPS) is 15.8. The summed E-state index contributed by atoms with van der Waals surface area (Å²) in [6, 6.07) is 6.54. The zero-order valence-corrected chi connectivity index (χ0v) is 20.2. The molecule has 1 aromatic carbocycles. The lowest BCUT2D eigenvalue weighted by atomic mass is 10.1. The zero-order chi connectivity index (χ0) is 19.7. The van der Waals surface area contributed by atoms with Crippen LogP contribution in [0.25, 0.3) is 0 Å². The van der Waals surface area contributed by atoms with Gasteiger partial charge in [-0.15, -0.1) is 24.0 Å². The van der Waals surface area contributed by atoms with Crippen molar-refractivity contribution in [1.29, 1.82) is 0 Å². The van der Waals surface area contributed by atoms with E-state index >= 15 is 0 Å². The van der Waals surface area contributed by atoms with Crippen molar-refractivity contribution in [2.75, 3.05) is 51.7 Å². The molecule has 1 saturated heterocycles. The van der Waals surface area contributed by atoms with Crippen LogP contribution in [0.3, 0.4) is 0 Å². The highest BCUT2D eigenvalue weighted by Crippen LogP contribution is 2.09. The molecule has 0 bridgehead atoms. The van der Waals surface area contributed by atoms with Crippen LogP contribution in [0, 0.1) is 13.8 Å². The first kappa shape index (κ1) is 25.1. The molecular formula is C19H33IN4O3S. The molecule has 0 amide bonds. The summed E-state index contributed by atoms with van der Waals surface area (Å²) >= 11 is 0. The molecular weight excluding hydrogens is 491 g/mol. The Morgan fingerprint density at radius 3 is 2.39 bits per heavy atom. The number of halogens is 1. The van der Waals surface area contributed by atoms with Crippen LogP contribution in [0.2, 0.25) is 0 Å². The lowest BCUT2D eigenvalue weighted by molar-refractivity contribution is 0.0731. The molecule has 0 atom stereocenters.